The smallest absolute Gasteiger partial charge is 0.270 e. The fourth-order valence-electron chi connectivity index (χ4n) is 1.47. The van der Waals surface area contributed by atoms with E-state index in [0.717, 1.165) is 0 Å². The van der Waals surface area contributed by atoms with Crippen molar-refractivity contribution in [1.82, 2.24) is 0 Å². The monoisotopic (exact) mass is 258 g/mol. The number of non-ortho nitro benzene ring substituents is 1. The third-order valence-corrected chi connectivity index (χ3v) is 2.45. The Kier molecular flexibility index (Phi) is 3.42. The molecule has 6 heteroatoms. The van der Waals surface area contributed by atoms with E-state index in [4.69, 9.17) is 0 Å². The zero-order valence-corrected chi connectivity index (χ0v) is 9.72. The van der Waals surface area contributed by atoms with Crippen molar-refractivity contribution >= 4 is 17.6 Å². The summed E-state index contributed by atoms with van der Waals surface area (Å²) in [6.45, 7) is 0. The van der Waals surface area contributed by atoms with Crippen molar-refractivity contribution in [1.29, 1.82) is 0 Å². The number of hydrogen-bond donors (Lipinski definition) is 2. The highest BCUT2D eigenvalue weighted by molar-refractivity contribution is 5.86. The van der Waals surface area contributed by atoms with E-state index in [0.29, 0.717) is 5.69 Å². The van der Waals surface area contributed by atoms with Crippen LogP contribution >= 0.6 is 0 Å². The van der Waals surface area contributed by atoms with E-state index in [9.17, 15) is 20.3 Å². The second-order valence-corrected chi connectivity index (χ2v) is 3.75. The Hall–Kier alpha value is -2.89. The van der Waals surface area contributed by atoms with Gasteiger partial charge in [-0.1, -0.05) is 12.1 Å². The molecule has 0 unspecified atom stereocenters. The number of para-hydroxylation sites is 2. The maximum absolute atomic E-state index is 10.6. The highest BCUT2D eigenvalue weighted by atomic mass is 16.6. The second kappa shape index (κ2) is 5.18. The lowest BCUT2D eigenvalue weighted by atomic mass is 10.2. The van der Waals surface area contributed by atoms with Gasteiger partial charge in [-0.2, -0.15) is 0 Å². The summed E-state index contributed by atoms with van der Waals surface area (Å²) in [5.74, 6) is -0.131. The lowest BCUT2D eigenvalue weighted by molar-refractivity contribution is -0.384. The number of nitro groups is 1. The quantitative estimate of drug-likeness (QED) is 0.502. The predicted octanol–water partition coefficient (Wildman–Crippen LogP) is 2.76. The number of rotatable bonds is 3. The molecule has 0 amide bonds. The van der Waals surface area contributed by atoms with E-state index in [2.05, 4.69) is 4.99 Å². The van der Waals surface area contributed by atoms with Gasteiger partial charge in [-0.25, -0.2) is 0 Å². The lowest BCUT2D eigenvalue weighted by Crippen LogP contribution is -1.90. The molecule has 6 nitrogen and oxygen atoms in total. The standard InChI is InChI=1S/C13H10N2O4/c16-12-6-5-10(15(18)19)7-9(12)8-14-11-3-1-2-4-13(11)17/h1-8,16-17H. The van der Waals surface area contributed by atoms with Gasteiger partial charge in [-0.15, -0.1) is 0 Å². The van der Waals surface area contributed by atoms with Crippen molar-refractivity contribution in [2.24, 2.45) is 4.99 Å². The van der Waals surface area contributed by atoms with Gasteiger partial charge in [0.2, 0.25) is 0 Å². The highest BCUT2D eigenvalue weighted by Crippen LogP contribution is 2.26. The molecule has 0 aliphatic rings. The van der Waals surface area contributed by atoms with Crippen LogP contribution in [0.15, 0.2) is 47.5 Å². The van der Waals surface area contributed by atoms with Crippen LogP contribution in [0.2, 0.25) is 0 Å². The number of hydrogen-bond acceptors (Lipinski definition) is 5. The fraction of sp³-hybridized carbons (Fsp3) is 0. The zero-order valence-electron chi connectivity index (χ0n) is 9.72. The predicted molar refractivity (Wildman–Crippen MR) is 70.1 cm³/mol. The number of phenolic OH excluding ortho intramolecular Hbond substituents is 2. The third-order valence-electron chi connectivity index (χ3n) is 2.45. The van der Waals surface area contributed by atoms with Crippen LogP contribution < -0.4 is 0 Å². The van der Waals surface area contributed by atoms with Gasteiger partial charge in [0, 0.05) is 23.9 Å². The van der Waals surface area contributed by atoms with Crippen molar-refractivity contribution in [3.63, 3.8) is 0 Å². The van der Waals surface area contributed by atoms with Crippen LogP contribution in [0.5, 0.6) is 11.5 Å². The van der Waals surface area contributed by atoms with E-state index in [1.165, 1.54) is 30.5 Å². The van der Waals surface area contributed by atoms with E-state index in [1.807, 2.05) is 0 Å². The molecule has 0 spiro atoms. The van der Waals surface area contributed by atoms with E-state index in [-0.39, 0.29) is 22.7 Å². The zero-order chi connectivity index (χ0) is 13.8. The number of aromatic hydroxyl groups is 2. The van der Waals surface area contributed by atoms with Crippen LogP contribution in [0.1, 0.15) is 5.56 Å². The first-order chi connectivity index (χ1) is 9.08. The topological polar surface area (TPSA) is 96.0 Å². The van der Waals surface area contributed by atoms with Crippen LogP contribution in [-0.2, 0) is 0 Å². The number of nitrogens with zero attached hydrogens (tertiary/aromatic N) is 2. The van der Waals surface area contributed by atoms with Gasteiger partial charge in [0.05, 0.1) is 4.92 Å². The van der Waals surface area contributed by atoms with Gasteiger partial charge < -0.3 is 10.2 Å². The molecular weight excluding hydrogens is 248 g/mol. The van der Waals surface area contributed by atoms with Gasteiger partial charge in [0.1, 0.15) is 17.2 Å². The van der Waals surface area contributed by atoms with Crippen LogP contribution in [0.4, 0.5) is 11.4 Å². The summed E-state index contributed by atoms with van der Waals surface area (Å²) in [5.41, 5.74) is 0.377. The maximum Gasteiger partial charge on any atom is 0.270 e. The Labute approximate surface area is 108 Å². The first-order valence-electron chi connectivity index (χ1n) is 5.37. The molecule has 0 bridgehead atoms. The van der Waals surface area contributed by atoms with Gasteiger partial charge in [-0.05, 0) is 18.2 Å². The average Bonchev–Trinajstić information content (AvgIpc) is 2.39. The molecule has 0 heterocycles. The Morgan fingerprint density at radius 3 is 2.53 bits per heavy atom. The van der Waals surface area contributed by atoms with Crippen molar-refractivity contribution in [2.45, 2.75) is 0 Å². The minimum Gasteiger partial charge on any atom is -0.507 e. The Balaban J connectivity index is 2.35. The van der Waals surface area contributed by atoms with Gasteiger partial charge in [0.15, 0.2) is 0 Å². The largest absolute Gasteiger partial charge is 0.507 e. The average molecular weight is 258 g/mol. The second-order valence-electron chi connectivity index (χ2n) is 3.75. The number of benzene rings is 2. The van der Waals surface area contributed by atoms with Crippen LogP contribution in [0.3, 0.4) is 0 Å². The molecule has 0 fully saturated rings. The summed E-state index contributed by atoms with van der Waals surface area (Å²) >= 11 is 0. The molecule has 19 heavy (non-hydrogen) atoms. The molecular formula is C13H10N2O4. The highest BCUT2D eigenvalue weighted by Gasteiger charge is 2.08. The first-order valence-corrected chi connectivity index (χ1v) is 5.37. The third kappa shape index (κ3) is 2.86. The molecule has 0 saturated heterocycles. The van der Waals surface area contributed by atoms with Gasteiger partial charge in [-0.3, -0.25) is 15.1 Å². The molecule has 2 N–H and O–H groups in total. The maximum atomic E-state index is 10.6. The Morgan fingerprint density at radius 1 is 1.11 bits per heavy atom. The van der Waals surface area contributed by atoms with E-state index in [1.54, 1.807) is 18.2 Å². The summed E-state index contributed by atoms with van der Waals surface area (Å²) < 4.78 is 0. The number of aliphatic imine (C=N–C) groups is 1. The minimum atomic E-state index is -0.559. The molecule has 2 aromatic carbocycles. The normalized spacial score (nSPS) is 10.7. The van der Waals surface area contributed by atoms with Crippen LogP contribution in [0, 0.1) is 10.1 Å². The molecule has 0 saturated carbocycles. The van der Waals surface area contributed by atoms with Gasteiger partial charge in [0.25, 0.3) is 5.69 Å². The Bertz CT molecular complexity index is 653. The minimum absolute atomic E-state index is 0.0105. The van der Waals surface area contributed by atoms with Crippen LogP contribution in [-0.4, -0.2) is 21.4 Å². The van der Waals surface area contributed by atoms with Crippen molar-refractivity contribution in [3.8, 4) is 11.5 Å². The summed E-state index contributed by atoms with van der Waals surface area (Å²) in [6, 6.07) is 10.0. The number of phenols is 2. The summed E-state index contributed by atoms with van der Waals surface area (Å²) in [4.78, 5) is 14.1. The number of nitro benzene ring substituents is 1. The molecule has 0 radical (unpaired) electrons. The van der Waals surface area contributed by atoms with E-state index < -0.39 is 4.92 Å². The lowest BCUT2D eigenvalue weighted by Gasteiger charge is -2.00. The SMILES string of the molecule is O=[N+]([O-])c1ccc(O)c(C=Nc2ccccc2O)c1. The molecule has 2 aromatic rings. The molecule has 0 atom stereocenters. The van der Waals surface area contributed by atoms with Crippen LogP contribution in [0.25, 0.3) is 0 Å². The van der Waals surface area contributed by atoms with Crippen molar-refractivity contribution in [2.75, 3.05) is 0 Å². The van der Waals surface area contributed by atoms with E-state index >= 15 is 0 Å². The summed E-state index contributed by atoms with van der Waals surface area (Å²) in [5, 5.41) is 29.7. The Morgan fingerprint density at radius 2 is 1.84 bits per heavy atom. The molecule has 0 aliphatic carbocycles. The molecule has 96 valence electrons. The molecule has 0 aromatic heterocycles. The molecule has 0 aliphatic heterocycles. The summed E-state index contributed by atoms with van der Waals surface area (Å²) in [7, 11) is 0. The molecule has 2 rings (SSSR count). The van der Waals surface area contributed by atoms with Gasteiger partial charge >= 0.3 is 0 Å². The summed E-state index contributed by atoms with van der Waals surface area (Å²) in [6.07, 6.45) is 1.26. The van der Waals surface area contributed by atoms with Crippen molar-refractivity contribution < 1.29 is 15.1 Å². The van der Waals surface area contributed by atoms with Crippen molar-refractivity contribution in [3.05, 3.63) is 58.1 Å². The fourth-order valence-corrected chi connectivity index (χ4v) is 1.47. The first kappa shape index (κ1) is 12.6.